The minimum atomic E-state index is -1.36. The van der Waals surface area contributed by atoms with Gasteiger partial charge in [0.1, 0.15) is 28.9 Å². The number of hydrogen-bond donors (Lipinski definition) is 4. The molecule has 1 fully saturated rings. The third-order valence-corrected chi connectivity index (χ3v) is 6.78. The Balaban J connectivity index is 1.67. The van der Waals surface area contributed by atoms with E-state index in [1.807, 2.05) is 0 Å². The Hall–Kier alpha value is -3.72. The lowest BCUT2D eigenvalue weighted by Crippen LogP contribution is -2.33. The van der Waals surface area contributed by atoms with E-state index in [2.05, 4.69) is 30.3 Å². The first kappa shape index (κ1) is 34.8. The number of carbonyl (C=O) groups is 2. The van der Waals surface area contributed by atoms with Crippen molar-refractivity contribution in [3.05, 3.63) is 16.8 Å². The summed E-state index contributed by atoms with van der Waals surface area (Å²) >= 11 is 0. The SMILES string of the molecule is C[C@@H](CC[C@@H](C[C@H]1O[C@@H](n2cnc3c(N)nc(NCCCC(=O)OC(C)(C)C)nc32)[C@H](O)[C@@H]1O)N=[N+]=[N-])C(=O)OC(C)(C)C. The predicted octanol–water partition coefficient (Wildman–Crippen LogP) is 3.39. The van der Waals surface area contributed by atoms with Crippen LogP contribution in [0.5, 0.6) is 0 Å². The molecule has 1 aliphatic heterocycles. The summed E-state index contributed by atoms with van der Waals surface area (Å²) < 4.78 is 18.3. The van der Waals surface area contributed by atoms with Crippen molar-refractivity contribution < 1.29 is 34.0 Å². The van der Waals surface area contributed by atoms with Crippen molar-refractivity contribution in [3.8, 4) is 0 Å². The van der Waals surface area contributed by atoms with Crippen LogP contribution in [0.15, 0.2) is 11.4 Å². The van der Waals surface area contributed by atoms with Crippen LogP contribution in [0.2, 0.25) is 0 Å². The third kappa shape index (κ3) is 9.64. The van der Waals surface area contributed by atoms with Gasteiger partial charge in [0.2, 0.25) is 5.95 Å². The van der Waals surface area contributed by atoms with Gasteiger partial charge >= 0.3 is 11.9 Å². The number of anilines is 2. The number of carbonyl (C=O) groups excluding carboxylic acids is 2. The van der Waals surface area contributed by atoms with Crippen molar-refractivity contribution in [3.63, 3.8) is 0 Å². The van der Waals surface area contributed by atoms with E-state index in [1.54, 1.807) is 48.5 Å². The van der Waals surface area contributed by atoms with E-state index >= 15 is 0 Å². The van der Waals surface area contributed by atoms with Crippen LogP contribution < -0.4 is 11.1 Å². The first-order valence-corrected chi connectivity index (χ1v) is 14.7. The van der Waals surface area contributed by atoms with Gasteiger partial charge < -0.3 is 35.5 Å². The second-order valence-electron chi connectivity index (χ2n) is 13.0. The van der Waals surface area contributed by atoms with Gasteiger partial charge in [-0.05, 0) is 72.8 Å². The predicted molar refractivity (Wildman–Crippen MR) is 161 cm³/mol. The number of hydrogen-bond acceptors (Lipinski definition) is 13. The number of fused-ring (bicyclic) bond motifs is 1. The van der Waals surface area contributed by atoms with Crippen molar-refractivity contribution in [2.45, 2.75) is 122 Å². The van der Waals surface area contributed by atoms with Crippen LogP contribution in [0.1, 0.15) is 86.8 Å². The number of aliphatic hydroxyl groups is 2. The van der Waals surface area contributed by atoms with Gasteiger partial charge in [-0.2, -0.15) is 9.97 Å². The molecule has 44 heavy (non-hydrogen) atoms. The summed E-state index contributed by atoms with van der Waals surface area (Å²) in [5.74, 6) is -0.812. The van der Waals surface area contributed by atoms with E-state index in [1.165, 1.54) is 10.9 Å². The Morgan fingerprint density at radius 2 is 1.84 bits per heavy atom. The maximum Gasteiger partial charge on any atom is 0.309 e. The highest BCUT2D eigenvalue weighted by Gasteiger charge is 2.45. The van der Waals surface area contributed by atoms with Gasteiger partial charge in [-0.1, -0.05) is 12.0 Å². The number of nitrogens with zero attached hydrogens (tertiary/aromatic N) is 7. The lowest BCUT2D eigenvalue weighted by Gasteiger charge is -2.23. The number of nitrogens with two attached hydrogens (primary N) is 1. The molecular formula is C28H45N9O7. The van der Waals surface area contributed by atoms with E-state index in [-0.39, 0.29) is 47.7 Å². The van der Waals surface area contributed by atoms with Crippen LogP contribution in [0.3, 0.4) is 0 Å². The highest BCUT2D eigenvalue weighted by atomic mass is 16.6. The maximum atomic E-state index is 12.4. The third-order valence-electron chi connectivity index (χ3n) is 6.78. The molecule has 3 rings (SSSR count). The van der Waals surface area contributed by atoms with Crippen molar-refractivity contribution in [1.29, 1.82) is 0 Å². The zero-order valence-electron chi connectivity index (χ0n) is 26.4. The Labute approximate surface area is 256 Å². The molecule has 2 aromatic rings. The minimum Gasteiger partial charge on any atom is -0.460 e. The molecule has 244 valence electrons. The molecule has 0 amide bonds. The molecule has 0 bridgehead atoms. The van der Waals surface area contributed by atoms with Gasteiger partial charge in [-0.3, -0.25) is 14.2 Å². The fourth-order valence-electron chi connectivity index (χ4n) is 4.71. The van der Waals surface area contributed by atoms with Crippen LogP contribution in [0, 0.1) is 5.92 Å². The summed E-state index contributed by atoms with van der Waals surface area (Å²) in [6.07, 6.45) is -1.71. The van der Waals surface area contributed by atoms with Gasteiger partial charge in [0, 0.05) is 23.9 Å². The number of nitrogen functional groups attached to an aromatic ring is 1. The lowest BCUT2D eigenvalue weighted by atomic mass is 9.96. The summed E-state index contributed by atoms with van der Waals surface area (Å²) in [6, 6.07) is -0.607. The van der Waals surface area contributed by atoms with E-state index < -0.39 is 47.7 Å². The number of esters is 2. The molecule has 3 heterocycles. The number of rotatable bonds is 13. The van der Waals surface area contributed by atoms with Crippen molar-refractivity contribution in [1.82, 2.24) is 19.5 Å². The standard InChI is InChI=1S/C28H45N9O7/c1-15(25(41)44-28(5,6)7)10-11-16(35-36-30)13-17-20(39)21(40)24(42-17)37-14-32-19-22(29)33-26(34-23(19)37)31-12-8-9-18(38)43-27(2,3)4/h14-17,20-21,24,39-40H,8-13H2,1-7H3,(H3,29,31,33,34)/t15-,16-,17+,20+,21+,24+/m0/s1. The molecule has 0 unspecified atom stereocenters. The lowest BCUT2D eigenvalue weighted by molar-refractivity contribution is -0.159. The molecule has 16 heteroatoms. The molecule has 0 radical (unpaired) electrons. The molecule has 1 saturated heterocycles. The topological polar surface area (TPSA) is 233 Å². The fraction of sp³-hybridized carbons (Fsp3) is 0.750. The van der Waals surface area contributed by atoms with Gasteiger partial charge in [-0.25, -0.2) is 4.98 Å². The largest absolute Gasteiger partial charge is 0.460 e. The Bertz CT molecular complexity index is 1350. The van der Waals surface area contributed by atoms with Gasteiger partial charge in [0.05, 0.1) is 18.3 Å². The average molecular weight is 620 g/mol. The quantitative estimate of drug-likeness (QED) is 0.0830. The van der Waals surface area contributed by atoms with Gasteiger partial charge in [0.15, 0.2) is 17.7 Å². The first-order chi connectivity index (χ1) is 20.5. The summed E-state index contributed by atoms with van der Waals surface area (Å²) in [5, 5.41) is 28.6. The first-order valence-electron chi connectivity index (χ1n) is 14.7. The van der Waals surface area contributed by atoms with Crippen LogP contribution in [-0.4, -0.2) is 83.8 Å². The van der Waals surface area contributed by atoms with Gasteiger partial charge in [0.25, 0.3) is 0 Å². The summed E-state index contributed by atoms with van der Waals surface area (Å²) in [7, 11) is 0. The molecule has 0 saturated carbocycles. The van der Waals surface area contributed by atoms with E-state index in [0.29, 0.717) is 25.8 Å². The molecule has 5 N–H and O–H groups in total. The zero-order chi connectivity index (χ0) is 32.8. The van der Waals surface area contributed by atoms with E-state index in [9.17, 15) is 19.8 Å². The Morgan fingerprint density at radius 3 is 2.48 bits per heavy atom. The molecule has 6 atom stereocenters. The number of nitrogens with one attached hydrogen (secondary N) is 1. The van der Waals surface area contributed by atoms with E-state index in [4.69, 9.17) is 25.5 Å². The second kappa shape index (κ2) is 14.4. The van der Waals surface area contributed by atoms with Crippen molar-refractivity contribution in [2.75, 3.05) is 17.6 Å². The molecule has 0 aliphatic carbocycles. The number of azide groups is 1. The summed E-state index contributed by atoms with van der Waals surface area (Å²) in [6.45, 7) is 12.9. The fourth-order valence-corrected chi connectivity index (χ4v) is 4.71. The second-order valence-corrected chi connectivity index (χ2v) is 13.0. The molecule has 16 nitrogen and oxygen atoms in total. The van der Waals surface area contributed by atoms with E-state index in [0.717, 1.165) is 0 Å². The number of aromatic nitrogens is 4. The Kier molecular flexibility index (Phi) is 11.4. The number of imidazole rings is 1. The highest BCUT2D eigenvalue weighted by molar-refractivity contribution is 5.83. The molecular weight excluding hydrogens is 574 g/mol. The van der Waals surface area contributed by atoms with Crippen LogP contribution in [-0.2, 0) is 23.8 Å². The molecule has 0 spiro atoms. The van der Waals surface area contributed by atoms with Crippen LogP contribution in [0.25, 0.3) is 21.6 Å². The van der Waals surface area contributed by atoms with Gasteiger partial charge in [-0.15, -0.1) is 0 Å². The minimum absolute atomic E-state index is 0.0931. The normalized spacial score (nSPS) is 21.8. The number of aliphatic hydroxyl groups excluding tert-OH is 2. The summed E-state index contributed by atoms with van der Waals surface area (Å²) in [4.78, 5) is 40.2. The number of ether oxygens (including phenoxy) is 3. The van der Waals surface area contributed by atoms with Crippen LogP contribution in [0.4, 0.5) is 11.8 Å². The van der Waals surface area contributed by atoms with Crippen LogP contribution >= 0.6 is 0 Å². The smallest absolute Gasteiger partial charge is 0.309 e. The monoisotopic (exact) mass is 619 g/mol. The Morgan fingerprint density at radius 1 is 1.16 bits per heavy atom. The molecule has 2 aromatic heterocycles. The van der Waals surface area contributed by atoms with Crippen molar-refractivity contribution >= 4 is 34.9 Å². The average Bonchev–Trinajstić information content (AvgIpc) is 3.44. The van der Waals surface area contributed by atoms with Crippen molar-refractivity contribution in [2.24, 2.45) is 11.0 Å². The zero-order valence-corrected chi connectivity index (χ0v) is 26.4. The molecule has 0 aromatic carbocycles. The highest BCUT2D eigenvalue weighted by Crippen LogP contribution is 2.35. The molecule has 1 aliphatic rings. The maximum absolute atomic E-state index is 12.4. The summed E-state index contributed by atoms with van der Waals surface area (Å²) in [5.41, 5.74) is 14.6.